The third-order valence-corrected chi connectivity index (χ3v) is 3.61. The molecule has 0 aliphatic heterocycles. The number of para-hydroxylation sites is 1. The van der Waals surface area contributed by atoms with Crippen molar-refractivity contribution in [2.24, 2.45) is 5.16 Å². The van der Waals surface area contributed by atoms with Crippen LogP contribution in [0.2, 0.25) is 0 Å². The predicted molar refractivity (Wildman–Crippen MR) is 90.2 cm³/mol. The van der Waals surface area contributed by atoms with Gasteiger partial charge in [-0.3, -0.25) is 4.98 Å². The zero-order chi connectivity index (χ0) is 16.7. The molecule has 1 heterocycles. The van der Waals surface area contributed by atoms with Crippen LogP contribution in [0, 0.1) is 0 Å². The largest absolute Gasteiger partial charge is 0.456 e. The second kappa shape index (κ2) is 8.27. The van der Waals surface area contributed by atoms with Crippen LogP contribution in [0.25, 0.3) is 10.9 Å². The average molecular weight is 314 g/mol. The third kappa shape index (κ3) is 4.52. The van der Waals surface area contributed by atoms with Crippen molar-refractivity contribution in [2.75, 3.05) is 6.61 Å². The number of nitrogens with zero attached hydrogens (tertiary/aromatic N) is 2. The van der Waals surface area contributed by atoms with E-state index in [1.165, 1.54) is 0 Å². The lowest BCUT2D eigenvalue weighted by Gasteiger charge is -2.09. The summed E-state index contributed by atoms with van der Waals surface area (Å²) >= 11 is 0. The fraction of sp³-hybridized carbons (Fsp3) is 0.389. The van der Waals surface area contributed by atoms with Crippen molar-refractivity contribution in [3.8, 4) is 0 Å². The van der Waals surface area contributed by atoms with E-state index < -0.39 is 5.97 Å². The van der Waals surface area contributed by atoms with Gasteiger partial charge < -0.3 is 9.94 Å². The summed E-state index contributed by atoms with van der Waals surface area (Å²) in [6, 6.07) is 9.35. The molecule has 2 rings (SSSR count). The molecule has 0 fully saturated rings. The van der Waals surface area contributed by atoms with E-state index in [1.54, 1.807) is 6.92 Å². The Balaban J connectivity index is 2.29. The number of unbranched alkanes of at least 4 members (excludes halogenated alkanes) is 2. The quantitative estimate of drug-likeness (QED) is 0.276. The maximum Gasteiger partial charge on any atom is 0.339 e. The van der Waals surface area contributed by atoms with Gasteiger partial charge in [-0.1, -0.05) is 43.1 Å². The van der Waals surface area contributed by atoms with Crippen molar-refractivity contribution < 1.29 is 14.7 Å². The number of esters is 1. The Hall–Kier alpha value is -2.43. The average Bonchev–Trinajstić information content (AvgIpc) is 2.58. The first-order chi connectivity index (χ1) is 11.2. The zero-order valence-corrected chi connectivity index (χ0v) is 13.6. The SMILES string of the molecule is CCCCCc1cc(C(=O)OC/C(C)=N/O)c2ccccc2n1. The molecule has 1 aromatic heterocycles. The molecule has 0 spiro atoms. The molecule has 5 heteroatoms. The number of ether oxygens (including phenoxy) is 1. The zero-order valence-electron chi connectivity index (χ0n) is 13.6. The fourth-order valence-electron chi connectivity index (χ4n) is 2.36. The molecule has 5 nitrogen and oxygen atoms in total. The molecule has 0 aliphatic carbocycles. The van der Waals surface area contributed by atoms with E-state index in [1.807, 2.05) is 30.3 Å². The summed E-state index contributed by atoms with van der Waals surface area (Å²) in [6.45, 7) is 3.72. The fourth-order valence-corrected chi connectivity index (χ4v) is 2.36. The molecule has 0 aliphatic rings. The highest BCUT2D eigenvalue weighted by molar-refractivity contribution is 6.04. The molecule has 0 radical (unpaired) electrons. The van der Waals surface area contributed by atoms with E-state index in [2.05, 4.69) is 17.1 Å². The maximum atomic E-state index is 12.4. The van der Waals surface area contributed by atoms with Gasteiger partial charge >= 0.3 is 5.97 Å². The normalized spacial score (nSPS) is 11.7. The van der Waals surface area contributed by atoms with Crippen LogP contribution in [0.1, 0.15) is 49.2 Å². The number of rotatable bonds is 7. The molecule has 23 heavy (non-hydrogen) atoms. The number of pyridine rings is 1. The summed E-state index contributed by atoms with van der Waals surface area (Å²) in [5, 5.41) is 12.4. The predicted octanol–water partition coefficient (Wildman–Crippen LogP) is 3.97. The van der Waals surface area contributed by atoms with Crippen molar-refractivity contribution in [1.29, 1.82) is 0 Å². The highest BCUT2D eigenvalue weighted by atomic mass is 16.5. The first kappa shape index (κ1) is 16.9. The number of oxime groups is 1. The van der Waals surface area contributed by atoms with Gasteiger partial charge in [-0.25, -0.2) is 4.79 Å². The van der Waals surface area contributed by atoms with Crippen molar-refractivity contribution >= 4 is 22.6 Å². The van der Waals surface area contributed by atoms with Gasteiger partial charge in [0.1, 0.15) is 6.61 Å². The lowest BCUT2D eigenvalue weighted by Crippen LogP contribution is -2.13. The minimum absolute atomic E-state index is 0.0306. The number of fused-ring (bicyclic) bond motifs is 1. The number of hydrogen-bond acceptors (Lipinski definition) is 5. The van der Waals surface area contributed by atoms with Gasteiger partial charge in [-0.05, 0) is 31.9 Å². The van der Waals surface area contributed by atoms with Gasteiger partial charge in [0, 0.05) is 11.1 Å². The maximum absolute atomic E-state index is 12.4. The summed E-state index contributed by atoms with van der Waals surface area (Å²) in [5.41, 5.74) is 2.55. The molecule has 1 N–H and O–H groups in total. The molecule has 0 saturated carbocycles. The third-order valence-electron chi connectivity index (χ3n) is 3.61. The summed E-state index contributed by atoms with van der Waals surface area (Å²) in [7, 11) is 0. The van der Waals surface area contributed by atoms with E-state index in [4.69, 9.17) is 9.94 Å². The highest BCUT2D eigenvalue weighted by Crippen LogP contribution is 2.20. The molecule has 122 valence electrons. The molecular weight excluding hydrogens is 292 g/mol. The minimum atomic E-state index is -0.427. The van der Waals surface area contributed by atoms with E-state index in [9.17, 15) is 4.79 Å². The first-order valence-electron chi connectivity index (χ1n) is 7.89. The first-order valence-corrected chi connectivity index (χ1v) is 7.89. The Kier molecular flexibility index (Phi) is 6.09. The molecule has 0 amide bonds. The van der Waals surface area contributed by atoms with E-state index in [0.717, 1.165) is 42.3 Å². The summed E-state index contributed by atoms with van der Waals surface area (Å²) in [6.07, 6.45) is 4.17. The van der Waals surface area contributed by atoms with E-state index >= 15 is 0 Å². The standard InChI is InChI=1S/C18H22N2O3/c1-3-4-5-8-14-11-16(18(21)23-12-13(2)20-22)15-9-6-7-10-17(15)19-14/h6-7,9-11,22H,3-5,8,12H2,1-2H3/b20-13+. The van der Waals surface area contributed by atoms with Gasteiger partial charge in [0.05, 0.1) is 16.8 Å². The Labute approximate surface area is 136 Å². The van der Waals surface area contributed by atoms with Crippen LogP contribution in [0.5, 0.6) is 0 Å². The van der Waals surface area contributed by atoms with Gasteiger partial charge in [-0.2, -0.15) is 0 Å². The number of aromatic nitrogens is 1. The Morgan fingerprint density at radius 1 is 1.30 bits per heavy atom. The van der Waals surface area contributed by atoms with Crippen LogP contribution in [-0.2, 0) is 11.2 Å². The van der Waals surface area contributed by atoms with Crippen molar-refractivity contribution in [3.05, 3.63) is 41.6 Å². The van der Waals surface area contributed by atoms with Crippen LogP contribution < -0.4 is 0 Å². The highest BCUT2D eigenvalue weighted by Gasteiger charge is 2.14. The van der Waals surface area contributed by atoms with Crippen LogP contribution in [0.3, 0.4) is 0 Å². The summed E-state index contributed by atoms with van der Waals surface area (Å²) in [5.74, 6) is -0.427. The topological polar surface area (TPSA) is 71.8 Å². The Morgan fingerprint density at radius 2 is 2.09 bits per heavy atom. The van der Waals surface area contributed by atoms with Crippen LogP contribution in [-0.4, -0.2) is 28.5 Å². The molecular formula is C18H22N2O3. The van der Waals surface area contributed by atoms with Crippen molar-refractivity contribution in [2.45, 2.75) is 39.5 Å². The lowest BCUT2D eigenvalue weighted by molar-refractivity contribution is 0.0563. The minimum Gasteiger partial charge on any atom is -0.456 e. The number of hydrogen-bond donors (Lipinski definition) is 1. The molecule has 1 aromatic carbocycles. The number of carbonyl (C=O) groups is 1. The smallest absolute Gasteiger partial charge is 0.339 e. The molecule has 2 aromatic rings. The van der Waals surface area contributed by atoms with Gasteiger partial charge in [-0.15, -0.1) is 0 Å². The van der Waals surface area contributed by atoms with E-state index in [0.29, 0.717) is 11.3 Å². The lowest BCUT2D eigenvalue weighted by atomic mass is 10.0. The molecule has 0 atom stereocenters. The Morgan fingerprint density at radius 3 is 2.83 bits per heavy atom. The Bertz CT molecular complexity index is 710. The number of carbonyl (C=O) groups excluding carboxylic acids is 1. The van der Waals surface area contributed by atoms with Crippen molar-refractivity contribution in [3.63, 3.8) is 0 Å². The molecule has 0 saturated heterocycles. The molecule has 0 unspecified atom stereocenters. The van der Waals surface area contributed by atoms with E-state index in [-0.39, 0.29) is 6.61 Å². The van der Waals surface area contributed by atoms with Crippen LogP contribution in [0.15, 0.2) is 35.5 Å². The summed E-state index contributed by atoms with van der Waals surface area (Å²) < 4.78 is 5.21. The van der Waals surface area contributed by atoms with Crippen molar-refractivity contribution in [1.82, 2.24) is 4.98 Å². The van der Waals surface area contributed by atoms with Gasteiger partial charge in [0.15, 0.2) is 0 Å². The van der Waals surface area contributed by atoms with Gasteiger partial charge in [0.2, 0.25) is 0 Å². The number of benzene rings is 1. The second-order valence-electron chi connectivity index (χ2n) is 5.55. The second-order valence-corrected chi connectivity index (χ2v) is 5.55. The monoisotopic (exact) mass is 314 g/mol. The molecule has 0 bridgehead atoms. The van der Waals surface area contributed by atoms with Crippen LogP contribution >= 0.6 is 0 Å². The number of aryl methyl sites for hydroxylation is 1. The van der Waals surface area contributed by atoms with Gasteiger partial charge in [0.25, 0.3) is 0 Å². The van der Waals surface area contributed by atoms with Crippen LogP contribution in [0.4, 0.5) is 0 Å². The summed E-state index contributed by atoms with van der Waals surface area (Å²) in [4.78, 5) is 17.0.